The summed E-state index contributed by atoms with van der Waals surface area (Å²) < 4.78 is 0.825. The van der Waals surface area contributed by atoms with Gasteiger partial charge in [-0.2, -0.15) is 0 Å². The van der Waals surface area contributed by atoms with Crippen LogP contribution in [0.25, 0.3) is 10.2 Å². The number of piperidine rings is 1. The van der Waals surface area contributed by atoms with Crippen molar-refractivity contribution in [1.82, 2.24) is 9.88 Å². The van der Waals surface area contributed by atoms with Crippen LogP contribution in [0.5, 0.6) is 0 Å². The monoisotopic (exact) mass is 501 g/mol. The van der Waals surface area contributed by atoms with Crippen molar-refractivity contribution in [3.8, 4) is 0 Å². The number of aryl methyl sites for hydroxylation is 1. The van der Waals surface area contributed by atoms with Gasteiger partial charge in [-0.15, -0.1) is 0 Å². The molecule has 180 valence electrons. The Kier molecular flexibility index (Phi) is 7.35. The lowest BCUT2D eigenvalue weighted by Gasteiger charge is -2.28. The van der Waals surface area contributed by atoms with E-state index >= 15 is 0 Å². The van der Waals surface area contributed by atoms with Crippen LogP contribution < -0.4 is 9.80 Å². The van der Waals surface area contributed by atoms with Crippen molar-refractivity contribution < 1.29 is 9.72 Å². The molecule has 1 fully saturated rings. The Morgan fingerprint density at radius 3 is 2.56 bits per heavy atom. The van der Waals surface area contributed by atoms with Crippen molar-refractivity contribution in [3.63, 3.8) is 0 Å². The number of carbonyl (C=O) groups excluding carboxylic acids is 1. The molecular formula is C24H28ClN5O3S. The molecule has 0 saturated carbocycles. The summed E-state index contributed by atoms with van der Waals surface area (Å²) in [5.74, 6) is -0.317. The number of amides is 1. The maximum Gasteiger partial charge on any atom is 0.293 e. The van der Waals surface area contributed by atoms with E-state index in [1.165, 1.54) is 17.4 Å². The fraction of sp³-hybridized carbons (Fsp3) is 0.417. The quantitative estimate of drug-likeness (QED) is 0.320. The van der Waals surface area contributed by atoms with E-state index in [2.05, 4.69) is 0 Å². The van der Waals surface area contributed by atoms with Gasteiger partial charge in [0.15, 0.2) is 5.13 Å². The summed E-state index contributed by atoms with van der Waals surface area (Å²) in [6.07, 6.45) is 3.15. The van der Waals surface area contributed by atoms with E-state index in [1.807, 2.05) is 43.0 Å². The average Bonchev–Trinajstić information content (AvgIpc) is 3.28. The van der Waals surface area contributed by atoms with Crippen LogP contribution in [-0.4, -0.2) is 61.0 Å². The number of hydrogen-bond donors (Lipinski definition) is 0. The first-order chi connectivity index (χ1) is 16.3. The number of halogens is 1. The number of fused-ring (bicyclic) bond motifs is 1. The van der Waals surface area contributed by atoms with Crippen molar-refractivity contribution in [2.24, 2.45) is 0 Å². The first-order valence-corrected chi connectivity index (χ1v) is 12.5. The summed E-state index contributed by atoms with van der Waals surface area (Å²) in [7, 11) is 3.86. The Morgan fingerprint density at radius 2 is 1.91 bits per heavy atom. The summed E-state index contributed by atoms with van der Waals surface area (Å²) in [5, 5.41) is 13.0. The second-order valence-electron chi connectivity index (χ2n) is 8.81. The standard InChI is InChI=1S/C24H28ClN5O3S/c1-16-7-9-18(25)22-21(16)26-24(34-22)29(14-13-27(2)3)23(31)17-8-10-19(20(15-17)30(32)33)28-11-5-4-6-12-28/h7-10,15H,4-6,11-14H2,1-3H3. The number of likely N-dealkylation sites (N-methyl/N-ethyl adjacent to an activating group) is 1. The molecule has 1 saturated heterocycles. The molecule has 2 heterocycles. The van der Waals surface area contributed by atoms with Gasteiger partial charge in [-0.25, -0.2) is 4.98 Å². The predicted octanol–water partition coefficient (Wildman–Crippen LogP) is 5.37. The molecule has 0 radical (unpaired) electrons. The van der Waals surface area contributed by atoms with Crippen LogP contribution in [0.2, 0.25) is 5.02 Å². The van der Waals surface area contributed by atoms with Crippen molar-refractivity contribution in [3.05, 3.63) is 56.6 Å². The van der Waals surface area contributed by atoms with E-state index in [9.17, 15) is 14.9 Å². The highest BCUT2D eigenvalue weighted by Crippen LogP contribution is 2.37. The summed E-state index contributed by atoms with van der Waals surface area (Å²) in [6.45, 7) is 4.53. The van der Waals surface area contributed by atoms with Gasteiger partial charge in [0, 0.05) is 37.8 Å². The molecule has 34 heavy (non-hydrogen) atoms. The van der Waals surface area contributed by atoms with Crippen LogP contribution in [-0.2, 0) is 0 Å². The van der Waals surface area contributed by atoms with Gasteiger partial charge in [-0.3, -0.25) is 19.8 Å². The zero-order valence-corrected chi connectivity index (χ0v) is 21.2. The number of nitro benzene ring substituents is 1. The first-order valence-electron chi connectivity index (χ1n) is 11.3. The Morgan fingerprint density at radius 1 is 1.18 bits per heavy atom. The number of benzene rings is 2. The summed E-state index contributed by atoms with van der Waals surface area (Å²) >= 11 is 7.76. The third-order valence-corrected chi connectivity index (χ3v) is 7.59. The number of anilines is 2. The lowest BCUT2D eigenvalue weighted by Crippen LogP contribution is -2.37. The second-order valence-corrected chi connectivity index (χ2v) is 10.2. The SMILES string of the molecule is Cc1ccc(Cl)c2sc(N(CCN(C)C)C(=O)c3ccc(N4CCCCC4)c([N+](=O)[O-])c3)nc12. The van der Waals surface area contributed by atoms with E-state index in [-0.39, 0.29) is 17.2 Å². The third kappa shape index (κ3) is 5.01. The van der Waals surface area contributed by atoms with Crippen LogP contribution in [0.4, 0.5) is 16.5 Å². The van der Waals surface area contributed by atoms with Gasteiger partial charge >= 0.3 is 0 Å². The van der Waals surface area contributed by atoms with E-state index in [0.29, 0.717) is 28.9 Å². The van der Waals surface area contributed by atoms with Crippen LogP contribution >= 0.6 is 22.9 Å². The maximum absolute atomic E-state index is 13.7. The van der Waals surface area contributed by atoms with E-state index in [0.717, 1.165) is 48.1 Å². The predicted molar refractivity (Wildman–Crippen MR) is 139 cm³/mol. The molecule has 4 rings (SSSR count). The van der Waals surface area contributed by atoms with E-state index in [1.54, 1.807) is 17.0 Å². The third-order valence-electron chi connectivity index (χ3n) is 6.05. The first kappa shape index (κ1) is 24.4. The molecule has 0 spiro atoms. The lowest BCUT2D eigenvalue weighted by molar-refractivity contribution is -0.384. The van der Waals surface area contributed by atoms with Gasteiger partial charge in [0.2, 0.25) is 0 Å². The molecule has 1 aliphatic heterocycles. The second kappa shape index (κ2) is 10.2. The minimum absolute atomic E-state index is 0.0384. The van der Waals surface area contributed by atoms with Gasteiger partial charge in [0.25, 0.3) is 11.6 Å². The fourth-order valence-electron chi connectivity index (χ4n) is 4.15. The molecule has 0 atom stereocenters. The summed E-state index contributed by atoms with van der Waals surface area (Å²) in [6, 6.07) is 8.53. The average molecular weight is 502 g/mol. The van der Waals surface area contributed by atoms with Crippen molar-refractivity contribution in [1.29, 1.82) is 0 Å². The van der Waals surface area contributed by atoms with Crippen LogP contribution in [0.3, 0.4) is 0 Å². The van der Waals surface area contributed by atoms with Crippen LogP contribution in [0.1, 0.15) is 35.2 Å². The van der Waals surface area contributed by atoms with E-state index in [4.69, 9.17) is 16.6 Å². The van der Waals surface area contributed by atoms with Gasteiger partial charge in [-0.1, -0.05) is 29.0 Å². The molecule has 2 aromatic carbocycles. The Labute approximate surface area is 207 Å². The normalized spacial score (nSPS) is 14.1. The molecule has 3 aromatic rings. The van der Waals surface area contributed by atoms with Crippen molar-refractivity contribution in [2.45, 2.75) is 26.2 Å². The molecular weight excluding hydrogens is 474 g/mol. The number of carbonyl (C=O) groups is 1. The molecule has 1 amide bonds. The number of aromatic nitrogens is 1. The molecule has 0 aliphatic carbocycles. The number of rotatable bonds is 7. The number of thiazole rings is 1. The Bertz CT molecular complexity index is 1180. The fourth-order valence-corrected chi connectivity index (χ4v) is 5.49. The molecule has 10 heteroatoms. The minimum Gasteiger partial charge on any atom is -0.366 e. The molecule has 0 N–H and O–H groups in total. The summed E-state index contributed by atoms with van der Waals surface area (Å²) in [5.41, 5.74) is 2.55. The topological polar surface area (TPSA) is 82.8 Å². The number of hydrogen-bond acceptors (Lipinski definition) is 7. The van der Waals surface area contributed by atoms with Crippen molar-refractivity contribution >= 4 is 55.6 Å². The van der Waals surface area contributed by atoms with Gasteiger partial charge in [0.1, 0.15) is 5.69 Å². The number of nitrogens with zero attached hydrogens (tertiary/aromatic N) is 5. The van der Waals surface area contributed by atoms with Crippen molar-refractivity contribution in [2.75, 3.05) is 50.1 Å². The molecule has 1 aromatic heterocycles. The van der Waals surface area contributed by atoms with Crippen LogP contribution in [0.15, 0.2) is 30.3 Å². The van der Waals surface area contributed by atoms with E-state index < -0.39 is 4.92 Å². The highest BCUT2D eigenvalue weighted by Gasteiger charge is 2.27. The van der Waals surface area contributed by atoms with Gasteiger partial charge in [0.05, 0.1) is 20.2 Å². The molecule has 1 aliphatic rings. The smallest absolute Gasteiger partial charge is 0.293 e. The highest BCUT2D eigenvalue weighted by molar-refractivity contribution is 7.23. The Hall–Kier alpha value is -2.75. The summed E-state index contributed by atoms with van der Waals surface area (Å²) in [4.78, 5) is 35.5. The maximum atomic E-state index is 13.7. The zero-order valence-electron chi connectivity index (χ0n) is 19.6. The van der Waals surface area contributed by atoms with Gasteiger partial charge in [-0.05, 0) is 64.0 Å². The minimum atomic E-state index is -0.397. The van der Waals surface area contributed by atoms with Crippen LogP contribution in [0, 0.1) is 17.0 Å². The molecule has 0 unspecified atom stereocenters. The lowest BCUT2D eigenvalue weighted by atomic mass is 10.1. The zero-order chi connectivity index (χ0) is 24.4. The largest absolute Gasteiger partial charge is 0.366 e. The number of nitro groups is 1. The molecule has 0 bridgehead atoms. The molecule has 8 nitrogen and oxygen atoms in total. The van der Waals surface area contributed by atoms with Gasteiger partial charge < -0.3 is 9.80 Å². The Balaban J connectivity index is 1.73. The highest BCUT2D eigenvalue weighted by atomic mass is 35.5.